The standard InChI is InChI=1S/C13H10N2O3S/c1-17-9-4-2-8(3-5-9)12-14-13(18-15-12)11-10(16)6-7-19-11/h2-7,16H,1H3. The summed E-state index contributed by atoms with van der Waals surface area (Å²) in [5.41, 5.74) is 0.826. The fraction of sp³-hybridized carbons (Fsp3) is 0.0769. The predicted octanol–water partition coefficient (Wildman–Crippen LogP) is 3.18. The fourth-order valence-corrected chi connectivity index (χ4v) is 2.34. The lowest BCUT2D eigenvalue weighted by atomic mass is 10.2. The molecule has 0 amide bonds. The molecule has 0 atom stereocenters. The molecule has 0 fully saturated rings. The van der Waals surface area contributed by atoms with E-state index in [0.717, 1.165) is 11.3 Å². The molecular formula is C13H10N2O3S. The molecule has 19 heavy (non-hydrogen) atoms. The van der Waals surface area contributed by atoms with Gasteiger partial charge in [0.1, 0.15) is 16.4 Å². The van der Waals surface area contributed by atoms with Gasteiger partial charge in [-0.25, -0.2) is 0 Å². The molecule has 0 saturated carbocycles. The van der Waals surface area contributed by atoms with E-state index in [1.54, 1.807) is 18.6 Å². The molecule has 3 rings (SSSR count). The van der Waals surface area contributed by atoms with Crippen LogP contribution in [0.2, 0.25) is 0 Å². The number of hydrogen-bond donors (Lipinski definition) is 1. The molecule has 0 spiro atoms. The maximum Gasteiger partial charge on any atom is 0.272 e. The second-order valence-corrected chi connectivity index (χ2v) is 4.70. The molecule has 0 saturated heterocycles. The Bertz CT molecular complexity index is 688. The van der Waals surface area contributed by atoms with Gasteiger partial charge in [-0.3, -0.25) is 0 Å². The minimum Gasteiger partial charge on any atom is -0.506 e. The number of rotatable bonds is 3. The molecule has 96 valence electrons. The number of hydrogen-bond acceptors (Lipinski definition) is 6. The molecule has 0 bridgehead atoms. The third kappa shape index (κ3) is 2.17. The maximum absolute atomic E-state index is 9.62. The highest BCUT2D eigenvalue weighted by Crippen LogP contribution is 2.34. The number of aromatic nitrogens is 2. The number of methoxy groups -OCH3 is 1. The Morgan fingerprint density at radius 3 is 2.63 bits per heavy atom. The SMILES string of the molecule is COc1ccc(-c2noc(-c3sccc3O)n2)cc1. The Morgan fingerprint density at radius 1 is 1.21 bits per heavy atom. The molecule has 3 aromatic rings. The summed E-state index contributed by atoms with van der Waals surface area (Å²) in [6, 6.07) is 8.95. The van der Waals surface area contributed by atoms with Gasteiger partial charge < -0.3 is 14.4 Å². The summed E-state index contributed by atoms with van der Waals surface area (Å²) in [5, 5.41) is 15.3. The summed E-state index contributed by atoms with van der Waals surface area (Å²) in [6.07, 6.45) is 0. The van der Waals surface area contributed by atoms with Crippen LogP contribution in [0.5, 0.6) is 11.5 Å². The summed E-state index contributed by atoms with van der Waals surface area (Å²) >= 11 is 1.35. The molecule has 0 aliphatic rings. The van der Waals surface area contributed by atoms with Gasteiger partial charge in [0.15, 0.2) is 0 Å². The zero-order chi connectivity index (χ0) is 13.2. The van der Waals surface area contributed by atoms with Gasteiger partial charge in [0.2, 0.25) is 5.82 Å². The van der Waals surface area contributed by atoms with Crippen molar-refractivity contribution < 1.29 is 14.4 Å². The fourth-order valence-electron chi connectivity index (χ4n) is 1.64. The lowest BCUT2D eigenvalue weighted by molar-refractivity contribution is 0.414. The quantitative estimate of drug-likeness (QED) is 0.794. The second-order valence-electron chi connectivity index (χ2n) is 3.79. The lowest BCUT2D eigenvalue weighted by Gasteiger charge is -1.98. The van der Waals surface area contributed by atoms with E-state index in [4.69, 9.17) is 9.26 Å². The van der Waals surface area contributed by atoms with Crippen LogP contribution < -0.4 is 4.74 Å². The highest BCUT2D eigenvalue weighted by Gasteiger charge is 2.15. The third-order valence-electron chi connectivity index (χ3n) is 2.61. The van der Waals surface area contributed by atoms with Gasteiger partial charge in [-0.1, -0.05) is 5.16 Å². The van der Waals surface area contributed by atoms with Crippen LogP contribution >= 0.6 is 11.3 Å². The number of nitrogens with zero attached hydrogens (tertiary/aromatic N) is 2. The van der Waals surface area contributed by atoms with Crippen molar-refractivity contribution in [3.63, 3.8) is 0 Å². The lowest BCUT2D eigenvalue weighted by Crippen LogP contribution is -1.84. The number of benzene rings is 1. The molecular weight excluding hydrogens is 264 g/mol. The minimum absolute atomic E-state index is 0.148. The summed E-state index contributed by atoms with van der Waals surface area (Å²) in [5.74, 6) is 1.71. The Kier molecular flexibility index (Phi) is 2.92. The minimum atomic E-state index is 0.148. The summed E-state index contributed by atoms with van der Waals surface area (Å²) in [7, 11) is 1.61. The maximum atomic E-state index is 9.62. The molecule has 2 aromatic heterocycles. The van der Waals surface area contributed by atoms with Gasteiger partial charge in [-0.2, -0.15) is 4.98 Å². The first kappa shape index (κ1) is 11.7. The van der Waals surface area contributed by atoms with Crippen LogP contribution in [0.3, 0.4) is 0 Å². The van der Waals surface area contributed by atoms with E-state index in [2.05, 4.69) is 10.1 Å². The molecule has 2 heterocycles. The van der Waals surface area contributed by atoms with E-state index in [-0.39, 0.29) is 5.75 Å². The highest BCUT2D eigenvalue weighted by molar-refractivity contribution is 7.13. The summed E-state index contributed by atoms with van der Waals surface area (Å²) in [4.78, 5) is 4.85. The highest BCUT2D eigenvalue weighted by atomic mass is 32.1. The van der Waals surface area contributed by atoms with Gasteiger partial charge in [0.25, 0.3) is 5.89 Å². The van der Waals surface area contributed by atoms with Gasteiger partial charge >= 0.3 is 0 Å². The van der Waals surface area contributed by atoms with Crippen molar-refractivity contribution in [1.82, 2.24) is 10.1 Å². The zero-order valence-corrected chi connectivity index (χ0v) is 10.8. The second kappa shape index (κ2) is 4.74. The number of thiophene rings is 1. The Morgan fingerprint density at radius 2 is 2.00 bits per heavy atom. The van der Waals surface area contributed by atoms with Crippen LogP contribution in [-0.4, -0.2) is 22.4 Å². The average molecular weight is 274 g/mol. The average Bonchev–Trinajstić information content (AvgIpc) is 3.07. The first-order valence-electron chi connectivity index (χ1n) is 5.53. The molecule has 0 radical (unpaired) electrons. The van der Waals surface area contributed by atoms with Crippen molar-refractivity contribution in [3.05, 3.63) is 35.7 Å². The smallest absolute Gasteiger partial charge is 0.272 e. The van der Waals surface area contributed by atoms with E-state index in [0.29, 0.717) is 16.6 Å². The molecule has 1 N–H and O–H groups in total. The Labute approximate surface area is 113 Å². The van der Waals surface area contributed by atoms with E-state index < -0.39 is 0 Å². The van der Waals surface area contributed by atoms with Crippen molar-refractivity contribution in [2.45, 2.75) is 0 Å². The van der Waals surface area contributed by atoms with Crippen LogP contribution in [0, 0.1) is 0 Å². The molecule has 5 nitrogen and oxygen atoms in total. The number of aromatic hydroxyl groups is 1. The van der Waals surface area contributed by atoms with Crippen LogP contribution in [0.25, 0.3) is 22.2 Å². The molecule has 0 aliphatic carbocycles. The van der Waals surface area contributed by atoms with E-state index in [1.807, 2.05) is 24.3 Å². The Hall–Kier alpha value is -2.34. The van der Waals surface area contributed by atoms with Crippen molar-refractivity contribution in [1.29, 1.82) is 0 Å². The third-order valence-corrected chi connectivity index (χ3v) is 3.50. The predicted molar refractivity (Wildman–Crippen MR) is 71.3 cm³/mol. The van der Waals surface area contributed by atoms with Gasteiger partial charge in [0.05, 0.1) is 7.11 Å². The van der Waals surface area contributed by atoms with Gasteiger partial charge in [-0.15, -0.1) is 11.3 Å². The monoisotopic (exact) mass is 274 g/mol. The Balaban J connectivity index is 1.94. The topological polar surface area (TPSA) is 68.4 Å². The van der Waals surface area contributed by atoms with Crippen molar-refractivity contribution in [2.75, 3.05) is 7.11 Å². The van der Waals surface area contributed by atoms with Gasteiger partial charge in [-0.05, 0) is 35.7 Å². The molecule has 6 heteroatoms. The first-order chi connectivity index (χ1) is 9.28. The van der Waals surface area contributed by atoms with Crippen molar-refractivity contribution in [3.8, 4) is 33.7 Å². The zero-order valence-electron chi connectivity index (χ0n) is 10.0. The first-order valence-corrected chi connectivity index (χ1v) is 6.41. The van der Waals surface area contributed by atoms with Crippen LogP contribution in [0.1, 0.15) is 0 Å². The normalized spacial score (nSPS) is 10.6. The van der Waals surface area contributed by atoms with Gasteiger partial charge in [0, 0.05) is 5.56 Å². The van der Waals surface area contributed by atoms with E-state index >= 15 is 0 Å². The van der Waals surface area contributed by atoms with Crippen molar-refractivity contribution >= 4 is 11.3 Å². The van der Waals surface area contributed by atoms with E-state index in [9.17, 15) is 5.11 Å². The molecule has 0 aliphatic heterocycles. The summed E-state index contributed by atoms with van der Waals surface area (Å²) in [6.45, 7) is 0. The van der Waals surface area contributed by atoms with Crippen LogP contribution in [0.4, 0.5) is 0 Å². The number of ether oxygens (including phenoxy) is 1. The largest absolute Gasteiger partial charge is 0.506 e. The van der Waals surface area contributed by atoms with Crippen LogP contribution in [-0.2, 0) is 0 Å². The van der Waals surface area contributed by atoms with Crippen LogP contribution in [0.15, 0.2) is 40.2 Å². The van der Waals surface area contributed by atoms with Crippen molar-refractivity contribution in [2.24, 2.45) is 0 Å². The molecule has 0 unspecified atom stereocenters. The molecule has 1 aromatic carbocycles. The van der Waals surface area contributed by atoms with E-state index in [1.165, 1.54) is 11.3 Å². The summed E-state index contributed by atoms with van der Waals surface area (Å²) < 4.78 is 10.2.